The van der Waals surface area contributed by atoms with Gasteiger partial charge >= 0.3 is 5.97 Å². The molecule has 1 aromatic rings. The molecule has 0 atom stereocenters. The Bertz CT molecular complexity index is 339. The van der Waals surface area contributed by atoms with E-state index in [2.05, 4.69) is 0 Å². The summed E-state index contributed by atoms with van der Waals surface area (Å²) >= 11 is 0. The fourth-order valence-corrected chi connectivity index (χ4v) is 2.47. The molecule has 2 heteroatoms. The van der Waals surface area contributed by atoms with Gasteiger partial charge in [0.15, 0.2) is 0 Å². The molecule has 0 radical (unpaired) electrons. The number of benzene rings is 1. The van der Waals surface area contributed by atoms with Crippen molar-refractivity contribution in [3.8, 4) is 5.75 Å². The van der Waals surface area contributed by atoms with Gasteiger partial charge in [0.25, 0.3) is 0 Å². The van der Waals surface area contributed by atoms with Crippen LogP contribution in [-0.4, -0.2) is 5.97 Å². The first kappa shape index (κ1) is 12.2. The van der Waals surface area contributed by atoms with E-state index in [1.54, 1.807) is 0 Å². The molecule has 0 aliphatic heterocycles. The molecule has 0 spiro atoms. The zero-order valence-electron chi connectivity index (χ0n) is 10.2. The predicted molar refractivity (Wildman–Crippen MR) is 67.9 cm³/mol. The number of esters is 1. The standard InChI is InChI=1S/C15H20O2/c16-15(17-14-9-5-2-6-10-14)12-11-13-7-3-1-4-8-13/h2,5-6,9-10,13H,1,3-4,7-8,11-12H2. The van der Waals surface area contributed by atoms with Gasteiger partial charge in [-0.05, 0) is 24.5 Å². The van der Waals surface area contributed by atoms with E-state index in [9.17, 15) is 4.79 Å². The predicted octanol–water partition coefficient (Wildman–Crippen LogP) is 3.95. The Hall–Kier alpha value is -1.31. The van der Waals surface area contributed by atoms with Gasteiger partial charge in [0, 0.05) is 6.42 Å². The fraction of sp³-hybridized carbons (Fsp3) is 0.533. The third-order valence-electron chi connectivity index (χ3n) is 3.46. The number of rotatable bonds is 4. The minimum absolute atomic E-state index is 0.0956. The van der Waals surface area contributed by atoms with Crippen LogP contribution in [0.4, 0.5) is 0 Å². The van der Waals surface area contributed by atoms with E-state index in [1.807, 2.05) is 30.3 Å². The van der Waals surface area contributed by atoms with Crippen molar-refractivity contribution in [2.24, 2.45) is 5.92 Å². The Kier molecular flexibility index (Phi) is 4.60. The molecule has 0 saturated heterocycles. The lowest BCUT2D eigenvalue weighted by Crippen LogP contribution is -2.12. The van der Waals surface area contributed by atoms with Crippen molar-refractivity contribution in [2.45, 2.75) is 44.9 Å². The molecule has 2 nitrogen and oxygen atoms in total. The molecule has 0 heterocycles. The Morgan fingerprint density at radius 1 is 1.12 bits per heavy atom. The number of hydrogen-bond acceptors (Lipinski definition) is 2. The van der Waals surface area contributed by atoms with Crippen molar-refractivity contribution in [3.05, 3.63) is 30.3 Å². The maximum atomic E-state index is 11.6. The molecule has 1 fully saturated rings. The van der Waals surface area contributed by atoms with Crippen LogP contribution in [0.15, 0.2) is 30.3 Å². The van der Waals surface area contributed by atoms with Crippen molar-refractivity contribution in [1.82, 2.24) is 0 Å². The summed E-state index contributed by atoms with van der Waals surface area (Å²) < 4.78 is 5.27. The van der Waals surface area contributed by atoms with Crippen LogP contribution in [0, 0.1) is 5.92 Å². The van der Waals surface area contributed by atoms with Gasteiger partial charge in [0.1, 0.15) is 5.75 Å². The molecule has 17 heavy (non-hydrogen) atoms. The first-order valence-electron chi connectivity index (χ1n) is 6.60. The Morgan fingerprint density at radius 2 is 1.82 bits per heavy atom. The van der Waals surface area contributed by atoms with E-state index in [-0.39, 0.29) is 5.97 Å². The number of carbonyl (C=O) groups excluding carboxylic acids is 1. The lowest BCUT2D eigenvalue weighted by molar-refractivity contribution is -0.134. The average molecular weight is 232 g/mol. The van der Waals surface area contributed by atoms with E-state index in [0.29, 0.717) is 12.2 Å². The van der Waals surface area contributed by atoms with Crippen LogP contribution in [0.2, 0.25) is 0 Å². The first-order valence-corrected chi connectivity index (χ1v) is 6.60. The first-order chi connectivity index (χ1) is 8.34. The van der Waals surface area contributed by atoms with Gasteiger partial charge in [-0.15, -0.1) is 0 Å². The smallest absolute Gasteiger partial charge is 0.311 e. The molecule has 0 bridgehead atoms. The topological polar surface area (TPSA) is 26.3 Å². The van der Waals surface area contributed by atoms with Crippen molar-refractivity contribution in [3.63, 3.8) is 0 Å². The maximum absolute atomic E-state index is 11.6. The van der Waals surface area contributed by atoms with Gasteiger partial charge in [0.05, 0.1) is 0 Å². The second kappa shape index (κ2) is 6.43. The summed E-state index contributed by atoms with van der Waals surface area (Å²) in [5.74, 6) is 1.30. The zero-order chi connectivity index (χ0) is 11.9. The molecule has 92 valence electrons. The highest BCUT2D eigenvalue weighted by Gasteiger charge is 2.15. The third-order valence-corrected chi connectivity index (χ3v) is 3.46. The van der Waals surface area contributed by atoms with E-state index in [0.717, 1.165) is 12.3 Å². The number of carbonyl (C=O) groups is 1. The van der Waals surface area contributed by atoms with Gasteiger partial charge in [0.2, 0.25) is 0 Å². The highest BCUT2D eigenvalue weighted by Crippen LogP contribution is 2.27. The molecule has 1 aliphatic carbocycles. The monoisotopic (exact) mass is 232 g/mol. The van der Waals surface area contributed by atoms with E-state index >= 15 is 0 Å². The number of para-hydroxylation sites is 1. The van der Waals surface area contributed by atoms with Crippen molar-refractivity contribution < 1.29 is 9.53 Å². The minimum Gasteiger partial charge on any atom is -0.427 e. The van der Waals surface area contributed by atoms with Crippen molar-refractivity contribution >= 4 is 5.97 Å². The number of ether oxygens (including phenoxy) is 1. The van der Waals surface area contributed by atoms with Crippen LogP contribution >= 0.6 is 0 Å². The maximum Gasteiger partial charge on any atom is 0.311 e. The van der Waals surface area contributed by atoms with Crippen molar-refractivity contribution in [1.29, 1.82) is 0 Å². The fourth-order valence-electron chi connectivity index (χ4n) is 2.47. The largest absolute Gasteiger partial charge is 0.427 e. The van der Waals surface area contributed by atoms with Crippen LogP contribution in [0.1, 0.15) is 44.9 Å². The molecule has 1 aromatic carbocycles. The molecule has 0 aromatic heterocycles. The quantitative estimate of drug-likeness (QED) is 0.580. The summed E-state index contributed by atoms with van der Waals surface area (Å²) in [6.07, 6.45) is 8.16. The SMILES string of the molecule is O=C(CCC1CCCCC1)Oc1ccccc1. The Balaban J connectivity index is 1.70. The van der Waals surface area contributed by atoms with Gasteiger partial charge in [-0.25, -0.2) is 0 Å². The van der Waals surface area contributed by atoms with Gasteiger partial charge in [-0.2, -0.15) is 0 Å². The summed E-state index contributed by atoms with van der Waals surface area (Å²) in [5, 5.41) is 0. The zero-order valence-corrected chi connectivity index (χ0v) is 10.2. The summed E-state index contributed by atoms with van der Waals surface area (Å²) in [4.78, 5) is 11.6. The molecule has 0 unspecified atom stereocenters. The average Bonchev–Trinajstić information content (AvgIpc) is 2.39. The lowest BCUT2D eigenvalue weighted by Gasteiger charge is -2.20. The molecule has 1 aliphatic rings. The van der Waals surface area contributed by atoms with Gasteiger partial charge in [-0.1, -0.05) is 50.3 Å². The van der Waals surface area contributed by atoms with E-state index in [1.165, 1.54) is 32.1 Å². The summed E-state index contributed by atoms with van der Waals surface area (Å²) in [5.41, 5.74) is 0. The van der Waals surface area contributed by atoms with Gasteiger partial charge < -0.3 is 4.74 Å². The molecule has 2 rings (SSSR count). The van der Waals surface area contributed by atoms with E-state index in [4.69, 9.17) is 4.74 Å². The summed E-state index contributed by atoms with van der Waals surface area (Å²) in [7, 11) is 0. The molecular weight excluding hydrogens is 212 g/mol. The van der Waals surface area contributed by atoms with Crippen LogP contribution in [-0.2, 0) is 4.79 Å². The van der Waals surface area contributed by atoms with Crippen molar-refractivity contribution in [2.75, 3.05) is 0 Å². The van der Waals surface area contributed by atoms with E-state index < -0.39 is 0 Å². The highest BCUT2D eigenvalue weighted by atomic mass is 16.5. The van der Waals surface area contributed by atoms with Crippen LogP contribution in [0.3, 0.4) is 0 Å². The lowest BCUT2D eigenvalue weighted by atomic mass is 9.86. The number of hydrogen-bond donors (Lipinski definition) is 0. The molecule has 1 saturated carbocycles. The third kappa shape index (κ3) is 4.22. The summed E-state index contributed by atoms with van der Waals surface area (Å²) in [6.45, 7) is 0. The summed E-state index contributed by atoms with van der Waals surface area (Å²) in [6, 6.07) is 9.31. The van der Waals surface area contributed by atoms with Crippen LogP contribution < -0.4 is 4.74 Å². The minimum atomic E-state index is -0.0956. The van der Waals surface area contributed by atoms with Gasteiger partial charge in [-0.3, -0.25) is 4.79 Å². The van der Waals surface area contributed by atoms with Crippen LogP contribution in [0.5, 0.6) is 5.75 Å². The second-order valence-electron chi connectivity index (χ2n) is 4.83. The molecule has 0 amide bonds. The molecule has 0 N–H and O–H groups in total. The molecular formula is C15H20O2. The Morgan fingerprint density at radius 3 is 2.53 bits per heavy atom. The normalized spacial score (nSPS) is 16.7. The Labute approximate surface area is 103 Å². The second-order valence-corrected chi connectivity index (χ2v) is 4.83. The van der Waals surface area contributed by atoms with Crippen LogP contribution in [0.25, 0.3) is 0 Å². The highest BCUT2D eigenvalue weighted by molar-refractivity contribution is 5.72.